The van der Waals surface area contributed by atoms with Crippen LogP contribution in [-0.4, -0.2) is 26.7 Å². The Kier molecular flexibility index (Phi) is 6.51. The van der Waals surface area contributed by atoms with Crippen molar-refractivity contribution in [2.24, 2.45) is 0 Å². The van der Waals surface area contributed by atoms with Gasteiger partial charge in [0.1, 0.15) is 5.56 Å². The van der Waals surface area contributed by atoms with Crippen LogP contribution in [-0.2, 0) is 14.9 Å². The quantitative estimate of drug-likeness (QED) is 0.545. The van der Waals surface area contributed by atoms with Gasteiger partial charge < -0.3 is 8.92 Å². The van der Waals surface area contributed by atoms with E-state index >= 15 is 0 Å². The molecule has 0 aliphatic carbocycles. The normalized spacial score (nSPS) is 11.1. The fourth-order valence-electron chi connectivity index (χ4n) is 1.48. The van der Waals surface area contributed by atoms with Gasteiger partial charge in [-0.25, -0.2) is 4.79 Å². The minimum absolute atomic E-state index is 0.0182. The Balaban J connectivity index is 2.88. The Bertz CT molecular complexity index is 536. The standard InChI is InChI=1S/C14H20O5S/c1-3-5-11-20(16,17)19-13-9-7-6-8-12(13)14(15)18-10-4-2/h6-9H,3-5,10-11H2,1-2H3. The fraction of sp³-hybridized carbons (Fsp3) is 0.500. The van der Waals surface area contributed by atoms with E-state index in [0.29, 0.717) is 12.8 Å². The van der Waals surface area contributed by atoms with E-state index in [1.54, 1.807) is 12.1 Å². The molecule has 20 heavy (non-hydrogen) atoms. The third-order valence-electron chi connectivity index (χ3n) is 2.51. The number of carbonyl (C=O) groups is 1. The molecule has 0 spiro atoms. The van der Waals surface area contributed by atoms with E-state index in [-0.39, 0.29) is 23.7 Å². The maximum absolute atomic E-state index is 11.8. The largest absolute Gasteiger partial charge is 0.462 e. The summed E-state index contributed by atoms with van der Waals surface area (Å²) < 4.78 is 33.6. The Labute approximate surface area is 120 Å². The molecule has 112 valence electrons. The van der Waals surface area contributed by atoms with E-state index in [2.05, 4.69) is 0 Å². The molecular weight excluding hydrogens is 280 g/mol. The Morgan fingerprint density at radius 2 is 1.85 bits per heavy atom. The predicted molar refractivity (Wildman–Crippen MR) is 76.3 cm³/mol. The van der Waals surface area contributed by atoms with E-state index in [1.807, 2.05) is 13.8 Å². The molecule has 0 radical (unpaired) electrons. The summed E-state index contributed by atoms with van der Waals surface area (Å²) in [6, 6.07) is 6.18. The van der Waals surface area contributed by atoms with Crippen molar-refractivity contribution >= 4 is 16.1 Å². The van der Waals surface area contributed by atoms with Crippen LogP contribution in [0.5, 0.6) is 5.75 Å². The van der Waals surface area contributed by atoms with Crippen LogP contribution in [0.25, 0.3) is 0 Å². The van der Waals surface area contributed by atoms with Crippen molar-refractivity contribution in [2.75, 3.05) is 12.4 Å². The van der Waals surface area contributed by atoms with E-state index in [9.17, 15) is 13.2 Å². The first-order valence-corrected chi connectivity index (χ1v) is 8.26. The lowest BCUT2D eigenvalue weighted by Gasteiger charge is -2.10. The van der Waals surface area contributed by atoms with E-state index in [4.69, 9.17) is 8.92 Å². The lowest BCUT2D eigenvalue weighted by molar-refractivity contribution is 0.0503. The van der Waals surface area contributed by atoms with Crippen molar-refractivity contribution in [3.05, 3.63) is 29.8 Å². The van der Waals surface area contributed by atoms with E-state index in [0.717, 1.165) is 6.42 Å². The van der Waals surface area contributed by atoms with Gasteiger partial charge in [-0.15, -0.1) is 0 Å². The number of para-hydroxylation sites is 1. The minimum atomic E-state index is -3.68. The number of carbonyl (C=O) groups excluding carboxylic acids is 1. The zero-order valence-electron chi connectivity index (χ0n) is 11.8. The molecule has 1 rings (SSSR count). The SMILES string of the molecule is CCCCS(=O)(=O)Oc1ccccc1C(=O)OCCC. The molecule has 0 amide bonds. The van der Waals surface area contributed by atoms with Crippen molar-refractivity contribution in [1.29, 1.82) is 0 Å². The van der Waals surface area contributed by atoms with E-state index in [1.165, 1.54) is 12.1 Å². The van der Waals surface area contributed by atoms with Crippen molar-refractivity contribution in [1.82, 2.24) is 0 Å². The van der Waals surface area contributed by atoms with Gasteiger partial charge in [0.25, 0.3) is 0 Å². The van der Waals surface area contributed by atoms with Gasteiger partial charge in [0.05, 0.1) is 12.4 Å². The van der Waals surface area contributed by atoms with Gasteiger partial charge in [0.2, 0.25) is 0 Å². The molecule has 0 aliphatic heterocycles. The molecule has 5 nitrogen and oxygen atoms in total. The number of esters is 1. The van der Waals surface area contributed by atoms with Crippen molar-refractivity contribution in [3.8, 4) is 5.75 Å². The summed E-state index contributed by atoms with van der Waals surface area (Å²) >= 11 is 0. The molecular formula is C14H20O5S. The van der Waals surface area contributed by atoms with Crippen LogP contribution >= 0.6 is 0 Å². The molecule has 1 aromatic carbocycles. The molecule has 0 aliphatic rings. The van der Waals surface area contributed by atoms with Gasteiger partial charge >= 0.3 is 16.1 Å². The topological polar surface area (TPSA) is 69.7 Å². The Hall–Kier alpha value is -1.56. The zero-order chi connectivity index (χ0) is 15.0. The van der Waals surface area contributed by atoms with E-state index < -0.39 is 16.1 Å². The summed E-state index contributed by atoms with van der Waals surface area (Å²) in [6.45, 7) is 4.06. The van der Waals surface area contributed by atoms with Gasteiger partial charge in [-0.3, -0.25) is 0 Å². The summed E-state index contributed by atoms with van der Waals surface area (Å²) in [6.07, 6.45) is 1.97. The number of unbranched alkanes of at least 4 members (excludes halogenated alkanes) is 1. The summed E-state index contributed by atoms with van der Waals surface area (Å²) in [5.41, 5.74) is 0.126. The van der Waals surface area contributed by atoms with Gasteiger partial charge in [-0.1, -0.05) is 32.4 Å². The van der Waals surface area contributed by atoms with Crippen LogP contribution in [0.4, 0.5) is 0 Å². The maximum Gasteiger partial charge on any atom is 0.341 e. The second-order valence-electron chi connectivity index (χ2n) is 4.33. The molecule has 0 bridgehead atoms. The Morgan fingerprint density at radius 1 is 1.15 bits per heavy atom. The highest BCUT2D eigenvalue weighted by atomic mass is 32.2. The molecule has 0 atom stereocenters. The molecule has 1 aromatic rings. The Morgan fingerprint density at radius 3 is 2.50 bits per heavy atom. The highest BCUT2D eigenvalue weighted by Crippen LogP contribution is 2.21. The number of ether oxygens (including phenoxy) is 1. The number of benzene rings is 1. The first-order chi connectivity index (χ1) is 9.50. The molecule has 0 N–H and O–H groups in total. The number of hydrogen-bond acceptors (Lipinski definition) is 5. The summed E-state index contributed by atoms with van der Waals surface area (Å²) in [5.74, 6) is -0.625. The average molecular weight is 300 g/mol. The molecule has 0 heterocycles. The van der Waals surface area contributed by atoms with Crippen molar-refractivity contribution in [3.63, 3.8) is 0 Å². The molecule has 0 fully saturated rings. The highest BCUT2D eigenvalue weighted by molar-refractivity contribution is 7.87. The smallest absolute Gasteiger partial charge is 0.341 e. The monoisotopic (exact) mass is 300 g/mol. The first kappa shape index (κ1) is 16.5. The van der Waals surface area contributed by atoms with Crippen LogP contribution in [0.15, 0.2) is 24.3 Å². The average Bonchev–Trinajstić information content (AvgIpc) is 2.43. The fourth-order valence-corrected chi connectivity index (χ4v) is 2.62. The highest BCUT2D eigenvalue weighted by Gasteiger charge is 2.19. The van der Waals surface area contributed by atoms with Crippen molar-refractivity contribution in [2.45, 2.75) is 33.1 Å². The number of hydrogen-bond donors (Lipinski definition) is 0. The third-order valence-corrected chi connectivity index (χ3v) is 3.73. The lowest BCUT2D eigenvalue weighted by Crippen LogP contribution is -2.16. The van der Waals surface area contributed by atoms with Crippen molar-refractivity contribution < 1.29 is 22.1 Å². The zero-order valence-corrected chi connectivity index (χ0v) is 12.6. The molecule has 0 saturated carbocycles. The van der Waals surface area contributed by atoms with Crippen LogP contribution in [0.3, 0.4) is 0 Å². The second-order valence-corrected chi connectivity index (χ2v) is 6.02. The minimum Gasteiger partial charge on any atom is -0.462 e. The van der Waals surface area contributed by atoms with Crippen LogP contribution < -0.4 is 4.18 Å². The summed E-state index contributed by atoms with van der Waals surface area (Å²) in [4.78, 5) is 11.8. The van der Waals surface area contributed by atoms with Gasteiger partial charge in [-0.2, -0.15) is 8.42 Å². The summed E-state index contributed by atoms with van der Waals surface area (Å²) in [5, 5.41) is 0. The maximum atomic E-state index is 11.8. The predicted octanol–water partition coefficient (Wildman–Crippen LogP) is 2.76. The van der Waals surface area contributed by atoms with Crippen LogP contribution in [0.1, 0.15) is 43.5 Å². The third kappa shape index (κ3) is 5.21. The second kappa shape index (κ2) is 7.89. The first-order valence-electron chi connectivity index (χ1n) is 6.68. The van der Waals surface area contributed by atoms with Gasteiger partial charge in [0.15, 0.2) is 5.75 Å². The number of rotatable bonds is 8. The van der Waals surface area contributed by atoms with Gasteiger partial charge in [-0.05, 0) is 25.0 Å². The lowest BCUT2D eigenvalue weighted by atomic mass is 10.2. The van der Waals surface area contributed by atoms with Gasteiger partial charge in [0, 0.05) is 0 Å². The van der Waals surface area contributed by atoms with Crippen LogP contribution in [0, 0.1) is 0 Å². The molecule has 0 aromatic heterocycles. The van der Waals surface area contributed by atoms with Crippen LogP contribution in [0.2, 0.25) is 0 Å². The summed E-state index contributed by atoms with van der Waals surface area (Å²) in [7, 11) is -3.68. The molecule has 6 heteroatoms. The molecule has 0 saturated heterocycles. The molecule has 0 unspecified atom stereocenters.